The molecule has 0 bridgehead atoms. The highest BCUT2D eigenvalue weighted by Gasteiger charge is 2.14. The summed E-state index contributed by atoms with van der Waals surface area (Å²) in [5.41, 5.74) is 5.35. The second kappa shape index (κ2) is 3.57. The van der Waals surface area contributed by atoms with Crippen LogP contribution >= 0.6 is 0 Å². The lowest BCUT2D eigenvalue weighted by Crippen LogP contribution is -2.40. The molecule has 1 unspecified atom stereocenters. The van der Waals surface area contributed by atoms with Gasteiger partial charge in [-0.3, -0.25) is 5.41 Å². The van der Waals surface area contributed by atoms with E-state index in [4.69, 9.17) is 15.9 Å². The molecule has 1 saturated heterocycles. The van der Waals surface area contributed by atoms with Crippen molar-refractivity contribution in [1.29, 1.82) is 5.41 Å². The van der Waals surface area contributed by atoms with Gasteiger partial charge in [-0.05, 0) is 13.3 Å². The van der Waals surface area contributed by atoms with Gasteiger partial charge in [0.05, 0.1) is 6.10 Å². The fourth-order valence-electron chi connectivity index (χ4n) is 1.21. The molecule has 4 nitrogen and oxygen atoms in total. The molecule has 1 aliphatic rings. The molecule has 11 heavy (non-hydrogen) atoms. The van der Waals surface area contributed by atoms with E-state index in [-0.39, 0.29) is 12.1 Å². The zero-order valence-electron chi connectivity index (χ0n) is 6.84. The molecule has 0 saturated carbocycles. The van der Waals surface area contributed by atoms with Crippen molar-refractivity contribution < 1.29 is 4.74 Å². The Hall–Kier alpha value is -0.770. The minimum atomic E-state index is 0.155. The van der Waals surface area contributed by atoms with E-state index in [1.807, 2.05) is 11.8 Å². The Morgan fingerprint density at radius 1 is 1.73 bits per heavy atom. The molecule has 0 aromatic rings. The van der Waals surface area contributed by atoms with Crippen LogP contribution in [-0.2, 0) is 4.74 Å². The lowest BCUT2D eigenvalue weighted by atomic mass is 10.3. The number of nitrogens with one attached hydrogen (secondary N) is 1. The fraction of sp³-hybridized carbons (Fsp3) is 0.857. The maximum absolute atomic E-state index is 7.22. The molecule has 3 N–H and O–H groups in total. The summed E-state index contributed by atoms with van der Waals surface area (Å²) < 4.78 is 5.39. The third-order valence-electron chi connectivity index (χ3n) is 1.79. The molecule has 64 valence electrons. The Balaban J connectivity index is 2.45. The Kier molecular flexibility index (Phi) is 2.70. The molecule has 1 fully saturated rings. The quantitative estimate of drug-likeness (QED) is 0.384. The van der Waals surface area contributed by atoms with Crippen LogP contribution in [0.15, 0.2) is 0 Å². The first-order valence-electron chi connectivity index (χ1n) is 3.90. The predicted molar refractivity (Wildman–Crippen MR) is 43.5 cm³/mol. The van der Waals surface area contributed by atoms with Crippen molar-refractivity contribution in [3.8, 4) is 0 Å². The first-order valence-corrected chi connectivity index (χ1v) is 3.90. The van der Waals surface area contributed by atoms with Gasteiger partial charge in [0.2, 0.25) is 0 Å². The Morgan fingerprint density at radius 3 is 3.09 bits per heavy atom. The van der Waals surface area contributed by atoms with Crippen LogP contribution in [0.2, 0.25) is 0 Å². The largest absolute Gasteiger partial charge is 0.377 e. The molecule has 0 aromatic heterocycles. The summed E-state index contributed by atoms with van der Waals surface area (Å²) in [6.45, 7) is 4.38. The Bertz CT molecular complexity index is 149. The van der Waals surface area contributed by atoms with E-state index in [0.717, 1.165) is 26.1 Å². The number of hydrogen-bond acceptors (Lipinski definition) is 2. The second-order valence-corrected chi connectivity index (χ2v) is 2.87. The number of nitrogens with zero attached hydrogens (tertiary/aromatic N) is 1. The number of guanidine groups is 1. The molecule has 1 rings (SSSR count). The highest BCUT2D eigenvalue weighted by atomic mass is 16.5. The van der Waals surface area contributed by atoms with Crippen molar-refractivity contribution in [3.05, 3.63) is 0 Å². The van der Waals surface area contributed by atoms with Crippen molar-refractivity contribution in [1.82, 2.24) is 4.90 Å². The van der Waals surface area contributed by atoms with E-state index in [9.17, 15) is 0 Å². The average Bonchev–Trinajstić information content (AvgIpc) is 2.13. The maximum atomic E-state index is 7.22. The first kappa shape index (κ1) is 8.33. The van der Waals surface area contributed by atoms with E-state index in [1.165, 1.54) is 0 Å². The number of rotatable bonds is 0. The van der Waals surface area contributed by atoms with Crippen LogP contribution in [0.3, 0.4) is 0 Å². The maximum Gasteiger partial charge on any atom is 0.188 e. The van der Waals surface area contributed by atoms with Gasteiger partial charge in [0.15, 0.2) is 5.96 Å². The highest BCUT2D eigenvalue weighted by Crippen LogP contribution is 2.03. The van der Waals surface area contributed by atoms with Crippen LogP contribution < -0.4 is 5.73 Å². The lowest BCUT2D eigenvalue weighted by molar-refractivity contribution is 0.0742. The van der Waals surface area contributed by atoms with Crippen LogP contribution in [0.25, 0.3) is 0 Å². The second-order valence-electron chi connectivity index (χ2n) is 2.87. The van der Waals surface area contributed by atoms with Gasteiger partial charge in [0.1, 0.15) is 0 Å². The summed E-state index contributed by atoms with van der Waals surface area (Å²) >= 11 is 0. The van der Waals surface area contributed by atoms with Crippen LogP contribution in [0.5, 0.6) is 0 Å². The van der Waals surface area contributed by atoms with Gasteiger partial charge < -0.3 is 15.4 Å². The minimum absolute atomic E-state index is 0.155. The van der Waals surface area contributed by atoms with Gasteiger partial charge in [0, 0.05) is 19.7 Å². The van der Waals surface area contributed by atoms with E-state index < -0.39 is 0 Å². The number of hydrogen-bond donors (Lipinski definition) is 2. The van der Waals surface area contributed by atoms with Crippen molar-refractivity contribution in [2.24, 2.45) is 5.73 Å². The summed E-state index contributed by atoms with van der Waals surface area (Å²) in [5.74, 6) is 0.155. The number of ether oxygens (including phenoxy) is 1. The van der Waals surface area contributed by atoms with Gasteiger partial charge in [0.25, 0.3) is 0 Å². The fourth-order valence-corrected chi connectivity index (χ4v) is 1.21. The third-order valence-corrected chi connectivity index (χ3v) is 1.79. The van der Waals surface area contributed by atoms with Gasteiger partial charge in [-0.25, -0.2) is 0 Å². The van der Waals surface area contributed by atoms with Gasteiger partial charge in [-0.1, -0.05) is 0 Å². The van der Waals surface area contributed by atoms with Crippen molar-refractivity contribution in [2.75, 3.05) is 19.7 Å². The smallest absolute Gasteiger partial charge is 0.188 e. The molecule has 0 radical (unpaired) electrons. The Morgan fingerprint density at radius 2 is 2.45 bits per heavy atom. The van der Waals surface area contributed by atoms with E-state index in [1.54, 1.807) is 0 Å². The molecular weight excluding hydrogens is 142 g/mol. The van der Waals surface area contributed by atoms with Crippen molar-refractivity contribution >= 4 is 5.96 Å². The van der Waals surface area contributed by atoms with Gasteiger partial charge in [-0.15, -0.1) is 0 Å². The van der Waals surface area contributed by atoms with Crippen LogP contribution in [0.1, 0.15) is 13.3 Å². The average molecular weight is 157 g/mol. The molecule has 1 heterocycles. The molecule has 1 aliphatic heterocycles. The lowest BCUT2D eigenvalue weighted by Gasteiger charge is -2.21. The SMILES string of the molecule is CC1CN(C(=N)N)CCCO1. The summed E-state index contributed by atoms with van der Waals surface area (Å²) in [4.78, 5) is 1.84. The predicted octanol–water partition coefficient (Wildman–Crippen LogP) is -0.00933. The molecule has 1 atom stereocenters. The van der Waals surface area contributed by atoms with Crippen LogP contribution in [0, 0.1) is 5.41 Å². The molecule has 0 spiro atoms. The van der Waals surface area contributed by atoms with Gasteiger partial charge >= 0.3 is 0 Å². The van der Waals surface area contributed by atoms with Gasteiger partial charge in [-0.2, -0.15) is 0 Å². The minimum Gasteiger partial charge on any atom is -0.377 e. The zero-order valence-corrected chi connectivity index (χ0v) is 6.84. The standard InChI is InChI=1S/C7H15N3O/c1-6-5-10(7(8)9)3-2-4-11-6/h6H,2-5H2,1H3,(H3,8,9). The molecule has 0 aliphatic carbocycles. The zero-order chi connectivity index (χ0) is 8.27. The van der Waals surface area contributed by atoms with Crippen molar-refractivity contribution in [3.63, 3.8) is 0 Å². The Labute approximate surface area is 66.8 Å². The van der Waals surface area contributed by atoms with Crippen molar-refractivity contribution in [2.45, 2.75) is 19.4 Å². The summed E-state index contributed by atoms with van der Waals surface area (Å²) in [6, 6.07) is 0. The third kappa shape index (κ3) is 2.38. The molecule has 0 aromatic carbocycles. The normalized spacial score (nSPS) is 26.3. The van der Waals surface area contributed by atoms with Crippen LogP contribution in [-0.4, -0.2) is 36.7 Å². The molecular formula is C7H15N3O. The van der Waals surface area contributed by atoms with E-state index >= 15 is 0 Å². The summed E-state index contributed by atoms with van der Waals surface area (Å²) in [5, 5.41) is 7.22. The first-order chi connectivity index (χ1) is 5.20. The molecule has 4 heteroatoms. The molecule has 0 amide bonds. The highest BCUT2D eigenvalue weighted by molar-refractivity contribution is 5.74. The van der Waals surface area contributed by atoms with E-state index in [2.05, 4.69) is 0 Å². The summed E-state index contributed by atoms with van der Waals surface area (Å²) in [6.07, 6.45) is 1.16. The monoisotopic (exact) mass is 157 g/mol. The summed E-state index contributed by atoms with van der Waals surface area (Å²) in [7, 11) is 0. The topological polar surface area (TPSA) is 62.3 Å². The van der Waals surface area contributed by atoms with Crippen LogP contribution in [0.4, 0.5) is 0 Å². The van der Waals surface area contributed by atoms with E-state index in [0.29, 0.717) is 0 Å². The number of nitrogens with two attached hydrogens (primary N) is 1.